The molecule has 0 aliphatic carbocycles. The minimum absolute atomic E-state index is 0.126. The lowest BCUT2D eigenvalue weighted by Crippen LogP contribution is -2.27. The number of benzene rings is 2. The van der Waals surface area contributed by atoms with E-state index in [-0.39, 0.29) is 11.9 Å². The van der Waals surface area contributed by atoms with Gasteiger partial charge in [-0.05, 0) is 42.8 Å². The van der Waals surface area contributed by atoms with Crippen LogP contribution >= 0.6 is 27.5 Å². The number of carbonyl (C=O) groups is 1. The monoisotopic (exact) mass is 367 g/mol. The summed E-state index contributed by atoms with van der Waals surface area (Å²) in [6, 6.07) is 12.7. The number of amides is 1. The van der Waals surface area contributed by atoms with Crippen LogP contribution in [0.2, 0.25) is 5.02 Å². The van der Waals surface area contributed by atoms with Crippen molar-refractivity contribution in [3.05, 3.63) is 63.1 Å². The molecule has 110 valence electrons. The molecule has 2 aromatic rings. The van der Waals surface area contributed by atoms with Crippen molar-refractivity contribution in [2.24, 2.45) is 0 Å². The third kappa shape index (κ3) is 3.99. The minimum Gasteiger partial charge on any atom is -0.496 e. The molecule has 0 saturated heterocycles. The predicted molar refractivity (Wildman–Crippen MR) is 88.0 cm³/mol. The second-order valence-corrected chi connectivity index (χ2v) is 5.95. The molecule has 0 heterocycles. The van der Waals surface area contributed by atoms with Crippen molar-refractivity contribution in [1.29, 1.82) is 0 Å². The highest BCUT2D eigenvalue weighted by atomic mass is 79.9. The Kier molecular flexibility index (Phi) is 5.26. The topological polar surface area (TPSA) is 38.3 Å². The summed E-state index contributed by atoms with van der Waals surface area (Å²) in [5, 5.41) is 3.44. The van der Waals surface area contributed by atoms with Crippen molar-refractivity contribution in [3.8, 4) is 5.75 Å². The molecule has 1 N–H and O–H groups in total. The molecule has 0 saturated carbocycles. The van der Waals surface area contributed by atoms with Gasteiger partial charge in [0, 0.05) is 9.50 Å². The third-order valence-corrected chi connectivity index (χ3v) is 3.83. The van der Waals surface area contributed by atoms with Crippen LogP contribution in [0.4, 0.5) is 0 Å². The highest BCUT2D eigenvalue weighted by molar-refractivity contribution is 9.10. The Hall–Kier alpha value is -1.52. The number of ether oxygens (including phenoxy) is 1. The van der Waals surface area contributed by atoms with Crippen LogP contribution in [0.1, 0.15) is 28.9 Å². The number of hydrogen-bond donors (Lipinski definition) is 1. The van der Waals surface area contributed by atoms with Gasteiger partial charge in [0.15, 0.2) is 0 Å². The number of methoxy groups -OCH3 is 1. The summed E-state index contributed by atoms with van der Waals surface area (Å²) in [6.45, 7) is 1.93. The van der Waals surface area contributed by atoms with E-state index in [2.05, 4.69) is 21.2 Å². The summed E-state index contributed by atoms with van der Waals surface area (Å²) < 4.78 is 6.17. The average Bonchev–Trinajstić information content (AvgIpc) is 2.47. The van der Waals surface area contributed by atoms with Crippen LogP contribution in [0.5, 0.6) is 5.75 Å². The quantitative estimate of drug-likeness (QED) is 0.856. The van der Waals surface area contributed by atoms with Crippen LogP contribution in [-0.4, -0.2) is 13.0 Å². The van der Waals surface area contributed by atoms with Gasteiger partial charge in [0.1, 0.15) is 5.75 Å². The molecule has 21 heavy (non-hydrogen) atoms. The number of halogens is 2. The maximum Gasteiger partial charge on any atom is 0.255 e. The van der Waals surface area contributed by atoms with Crippen LogP contribution in [0.15, 0.2) is 46.9 Å². The number of nitrogens with one attached hydrogen (secondary N) is 1. The van der Waals surface area contributed by atoms with Gasteiger partial charge in [-0.1, -0.05) is 39.7 Å². The number of hydrogen-bond acceptors (Lipinski definition) is 2. The number of carbonyl (C=O) groups excluding carboxylic acids is 1. The molecule has 0 aliphatic rings. The van der Waals surface area contributed by atoms with Gasteiger partial charge in [-0.25, -0.2) is 0 Å². The van der Waals surface area contributed by atoms with Gasteiger partial charge in [-0.15, -0.1) is 0 Å². The number of rotatable bonds is 4. The highest BCUT2D eigenvalue weighted by Crippen LogP contribution is 2.24. The lowest BCUT2D eigenvalue weighted by atomic mass is 10.1. The normalized spacial score (nSPS) is 11.8. The van der Waals surface area contributed by atoms with Gasteiger partial charge in [-0.2, -0.15) is 0 Å². The van der Waals surface area contributed by atoms with Gasteiger partial charge in [0.05, 0.1) is 18.7 Å². The Morgan fingerprint density at radius 3 is 2.71 bits per heavy atom. The Morgan fingerprint density at radius 1 is 1.29 bits per heavy atom. The van der Waals surface area contributed by atoms with Crippen LogP contribution in [0.3, 0.4) is 0 Å². The van der Waals surface area contributed by atoms with E-state index in [1.165, 1.54) is 7.11 Å². The van der Waals surface area contributed by atoms with E-state index in [1.54, 1.807) is 18.2 Å². The summed E-state index contributed by atoms with van der Waals surface area (Å²) in [5.74, 6) is 0.278. The van der Waals surface area contributed by atoms with Crippen LogP contribution in [0, 0.1) is 0 Å². The maximum absolute atomic E-state index is 12.4. The summed E-state index contributed by atoms with van der Waals surface area (Å²) in [7, 11) is 1.53. The molecule has 2 aromatic carbocycles. The fourth-order valence-electron chi connectivity index (χ4n) is 1.99. The molecule has 1 atom stereocenters. The van der Waals surface area contributed by atoms with Crippen molar-refractivity contribution >= 4 is 33.4 Å². The molecule has 0 bridgehead atoms. The smallest absolute Gasteiger partial charge is 0.255 e. The van der Waals surface area contributed by atoms with Gasteiger partial charge >= 0.3 is 0 Å². The van der Waals surface area contributed by atoms with Gasteiger partial charge in [-0.3, -0.25) is 4.79 Å². The van der Waals surface area contributed by atoms with E-state index < -0.39 is 0 Å². The summed E-state index contributed by atoms with van der Waals surface area (Å²) >= 11 is 9.37. The van der Waals surface area contributed by atoms with E-state index in [1.807, 2.05) is 31.2 Å². The first-order valence-corrected chi connectivity index (χ1v) is 7.58. The van der Waals surface area contributed by atoms with E-state index in [0.29, 0.717) is 16.3 Å². The van der Waals surface area contributed by atoms with Crippen LogP contribution in [-0.2, 0) is 0 Å². The van der Waals surface area contributed by atoms with Crippen molar-refractivity contribution in [1.82, 2.24) is 5.32 Å². The molecule has 0 radical (unpaired) electrons. The van der Waals surface area contributed by atoms with Crippen LogP contribution < -0.4 is 10.1 Å². The third-order valence-electron chi connectivity index (χ3n) is 3.10. The first-order chi connectivity index (χ1) is 10.0. The second kappa shape index (κ2) is 6.96. The molecule has 0 fully saturated rings. The molecule has 3 nitrogen and oxygen atoms in total. The highest BCUT2D eigenvalue weighted by Gasteiger charge is 2.16. The fraction of sp³-hybridized carbons (Fsp3) is 0.188. The van der Waals surface area contributed by atoms with Crippen LogP contribution in [0.25, 0.3) is 0 Å². The Balaban J connectivity index is 2.20. The first-order valence-electron chi connectivity index (χ1n) is 6.41. The fourth-order valence-corrected chi connectivity index (χ4v) is 2.58. The average molecular weight is 369 g/mol. The zero-order valence-electron chi connectivity index (χ0n) is 11.7. The standard InChI is InChI=1S/C16H15BrClNO2/c1-10(11-4-3-5-12(17)8-11)19-16(20)14-9-13(18)6-7-15(14)21-2/h3-10H,1-2H3,(H,19,20)/t10-/m1/s1. The zero-order valence-corrected chi connectivity index (χ0v) is 14.0. The molecular weight excluding hydrogens is 354 g/mol. The summed E-state index contributed by atoms with van der Waals surface area (Å²) in [4.78, 5) is 12.4. The van der Waals surface area contributed by atoms with Crippen molar-refractivity contribution in [2.45, 2.75) is 13.0 Å². The molecule has 5 heteroatoms. The predicted octanol–water partition coefficient (Wildman–Crippen LogP) is 4.60. The summed E-state index contributed by atoms with van der Waals surface area (Å²) in [6.07, 6.45) is 0. The molecule has 2 rings (SSSR count). The minimum atomic E-state index is -0.221. The van der Waals surface area contributed by atoms with Crippen molar-refractivity contribution < 1.29 is 9.53 Å². The zero-order chi connectivity index (χ0) is 15.4. The molecule has 0 aromatic heterocycles. The molecule has 0 unspecified atom stereocenters. The summed E-state index contributed by atoms with van der Waals surface area (Å²) in [5.41, 5.74) is 1.44. The largest absolute Gasteiger partial charge is 0.496 e. The second-order valence-electron chi connectivity index (χ2n) is 4.59. The SMILES string of the molecule is COc1ccc(Cl)cc1C(=O)N[C@H](C)c1cccc(Br)c1. The van der Waals surface area contributed by atoms with E-state index in [4.69, 9.17) is 16.3 Å². The van der Waals surface area contributed by atoms with Crippen molar-refractivity contribution in [3.63, 3.8) is 0 Å². The van der Waals surface area contributed by atoms with E-state index >= 15 is 0 Å². The Labute approximate surface area is 137 Å². The van der Waals surface area contributed by atoms with Crippen molar-refractivity contribution in [2.75, 3.05) is 7.11 Å². The lowest BCUT2D eigenvalue weighted by Gasteiger charge is -2.16. The molecule has 1 amide bonds. The maximum atomic E-state index is 12.4. The Bertz CT molecular complexity index is 660. The van der Waals surface area contributed by atoms with E-state index in [0.717, 1.165) is 10.0 Å². The first kappa shape index (κ1) is 15.9. The van der Waals surface area contributed by atoms with Gasteiger partial charge in [0.2, 0.25) is 0 Å². The Morgan fingerprint density at radius 2 is 2.05 bits per heavy atom. The molecule has 0 aliphatic heterocycles. The lowest BCUT2D eigenvalue weighted by molar-refractivity contribution is 0.0937. The van der Waals surface area contributed by atoms with E-state index in [9.17, 15) is 4.79 Å². The van der Waals surface area contributed by atoms with Gasteiger partial charge < -0.3 is 10.1 Å². The van der Waals surface area contributed by atoms with Gasteiger partial charge in [0.25, 0.3) is 5.91 Å². The molecule has 0 spiro atoms. The molecular formula is C16H15BrClNO2.